The fourth-order valence-corrected chi connectivity index (χ4v) is 2.75. The molecule has 0 spiro atoms. The number of hydrogen-bond donors (Lipinski definition) is 1. The molecule has 2 rings (SSSR count). The molecule has 1 N–H and O–H groups in total. The number of nitrogens with zero attached hydrogens (tertiary/aromatic N) is 1. The van der Waals surface area contributed by atoms with Crippen molar-refractivity contribution >= 4 is 15.9 Å². The largest absolute Gasteiger partial charge is 0.317 e. The Balaban J connectivity index is 1.98. The van der Waals surface area contributed by atoms with E-state index in [2.05, 4.69) is 26.1 Å². The molecule has 0 aromatic heterocycles. The predicted octanol–water partition coefficient (Wildman–Crippen LogP) is 2.77. The summed E-state index contributed by atoms with van der Waals surface area (Å²) in [6, 6.07) is 5.78. The van der Waals surface area contributed by atoms with Crippen molar-refractivity contribution in [1.82, 2.24) is 10.2 Å². The summed E-state index contributed by atoms with van der Waals surface area (Å²) in [4.78, 5) is 2.32. The van der Waals surface area contributed by atoms with Crippen LogP contribution in [0.5, 0.6) is 0 Å². The number of rotatable bonds is 3. The molecule has 1 saturated heterocycles. The Morgan fingerprint density at radius 3 is 2.71 bits per heavy atom. The van der Waals surface area contributed by atoms with Crippen molar-refractivity contribution in [2.24, 2.45) is 0 Å². The molecule has 0 atom stereocenters. The lowest BCUT2D eigenvalue weighted by Gasteiger charge is -2.32. The summed E-state index contributed by atoms with van der Waals surface area (Å²) in [7, 11) is 2.01. The summed E-state index contributed by atoms with van der Waals surface area (Å²) in [6.07, 6.45) is 2.28. The molecule has 17 heavy (non-hydrogen) atoms. The van der Waals surface area contributed by atoms with Crippen LogP contribution in [0.1, 0.15) is 18.4 Å². The van der Waals surface area contributed by atoms with E-state index in [4.69, 9.17) is 0 Å². The van der Waals surface area contributed by atoms with Crippen molar-refractivity contribution in [3.05, 3.63) is 34.1 Å². The van der Waals surface area contributed by atoms with E-state index in [9.17, 15) is 4.39 Å². The summed E-state index contributed by atoms with van der Waals surface area (Å²) < 4.78 is 14.5. The lowest BCUT2D eigenvalue weighted by atomic mass is 10.0. The molecule has 0 saturated carbocycles. The molecule has 2 nitrogen and oxygen atoms in total. The van der Waals surface area contributed by atoms with Crippen molar-refractivity contribution in [2.45, 2.75) is 25.4 Å². The average Bonchev–Trinajstić information content (AvgIpc) is 2.35. The molecule has 0 radical (unpaired) electrons. The maximum atomic E-state index is 13.7. The predicted molar refractivity (Wildman–Crippen MR) is 71.5 cm³/mol. The minimum atomic E-state index is -0.116. The fourth-order valence-electron chi connectivity index (χ4n) is 2.29. The highest BCUT2D eigenvalue weighted by Crippen LogP contribution is 2.22. The van der Waals surface area contributed by atoms with Crippen molar-refractivity contribution < 1.29 is 4.39 Å². The van der Waals surface area contributed by atoms with Crippen LogP contribution in [0.25, 0.3) is 0 Å². The van der Waals surface area contributed by atoms with Gasteiger partial charge in [-0.3, -0.25) is 4.90 Å². The Morgan fingerprint density at radius 1 is 1.41 bits per heavy atom. The number of hydrogen-bond acceptors (Lipinski definition) is 2. The van der Waals surface area contributed by atoms with E-state index in [1.807, 2.05) is 13.1 Å². The van der Waals surface area contributed by atoms with Gasteiger partial charge in [0.15, 0.2) is 0 Å². The van der Waals surface area contributed by atoms with Gasteiger partial charge in [0.25, 0.3) is 0 Å². The van der Waals surface area contributed by atoms with Gasteiger partial charge in [0.2, 0.25) is 0 Å². The van der Waals surface area contributed by atoms with E-state index < -0.39 is 0 Å². The zero-order valence-corrected chi connectivity index (χ0v) is 11.6. The number of piperidine rings is 1. The van der Waals surface area contributed by atoms with Crippen LogP contribution in [-0.4, -0.2) is 31.1 Å². The second kappa shape index (κ2) is 5.94. The molecule has 1 aliphatic rings. The maximum absolute atomic E-state index is 13.7. The topological polar surface area (TPSA) is 15.3 Å². The Bertz CT molecular complexity index is 355. The van der Waals surface area contributed by atoms with Crippen LogP contribution in [0, 0.1) is 5.82 Å². The Kier molecular flexibility index (Phi) is 4.54. The summed E-state index contributed by atoms with van der Waals surface area (Å²) >= 11 is 3.42. The van der Waals surface area contributed by atoms with Crippen LogP contribution in [0.3, 0.4) is 0 Å². The zero-order valence-electron chi connectivity index (χ0n) is 10.0. The van der Waals surface area contributed by atoms with Gasteiger partial charge in [-0.25, -0.2) is 4.39 Å². The molecule has 1 heterocycles. The number of benzene rings is 1. The molecule has 0 bridgehead atoms. The van der Waals surface area contributed by atoms with Crippen LogP contribution in [-0.2, 0) is 6.54 Å². The molecule has 0 aliphatic carbocycles. The highest BCUT2D eigenvalue weighted by molar-refractivity contribution is 9.10. The summed E-state index contributed by atoms with van der Waals surface area (Å²) in [5.41, 5.74) is 0.774. The monoisotopic (exact) mass is 300 g/mol. The van der Waals surface area contributed by atoms with Gasteiger partial charge in [-0.2, -0.15) is 0 Å². The smallest absolute Gasteiger partial charge is 0.128 e. The van der Waals surface area contributed by atoms with Gasteiger partial charge in [0.05, 0.1) is 0 Å². The SMILES string of the molecule is CNC1CCN(Cc2c(F)cccc2Br)CC1. The number of likely N-dealkylation sites (tertiary alicyclic amines) is 1. The third-order valence-corrected chi connectivity index (χ3v) is 4.18. The van der Waals surface area contributed by atoms with Gasteiger partial charge in [0.1, 0.15) is 5.82 Å². The quantitative estimate of drug-likeness (QED) is 0.923. The normalized spacial score (nSPS) is 18.5. The highest BCUT2D eigenvalue weighted by atomic mass is 79.9. The van der Waals surface area contributed by atoms with E-state index in [1.165, 1.54) is 6.07 Å². The van der Waals surface area contributed by atoms with E-state index in [0.29, 0.717) is 12.6 Å². The molecule has 4 heteroatoms. The maximum Gasteiger partial charge on any atom is 0.128 e. The molecule has 1 aliphatic heterocycles. The van der Waals surface area contributed by atoms with E-state index >= 15 is 0 Å². The van der Waals surface area contributed by atoms with Gasteiger partial charge in [0, 0.05) is 22.6 Å². The molecular formula is C13H18BrFN2. The fraction of sp³-hybridized carbons (Fsp3) is 0.538. The minimum Gasteiger partial charge on any atom is -0.317 e. The van der Waals surface area contributed by atoms with Crippen LogP contribution in [0.15, 0.2) is 22.7 Å². The molecule has 1 aromatic carbocycles. The molecule has 1 fully saturated rings. The van der Waals surface area contributed by atoms with E-state index in [1.54, 1.807) is 6.07 Å². The third-order valence-electron chi connectivity index (χ3n) is 3.44. The summed E-state index contributed by atoms with van der Waals surface area (Å²) in [5.74, 6) is -0.116. The molecular weight excluding hydrogens is 283 g/mol. The standard InChI is InChI=1S/C13H18BrFN2/c1-16-10-5-7-17(8-6-10)9-11-12(14)3-2-4-13(11)15/h2-4,10,16H,5-9H2,1H3. The van der Waals surface area contributed by atoms with Gasteiger partial charge < -0.3 is 5.32 Å². The van der Waals surface area contributed by atoms with Crippen molar-refractivity contribution in [3.63, 3.8) is 0 Å². The van der Waals surface area contributed by atoms with Crippen molar-refractivity contribution in [3.8, 4) is 0 Å². The van der Waals surface area contributed by atoms with Crippen LogP contribution < -0.4 is 5.32 Å². The van der Waals surface area contributed by atoms with Crippen molar-refractivity contribution in [2.75, 3.05) is 20.1 Å². The zero-order chi connectivity index (χ0) is 12.3. The lowest BCUT2D eigenvalue weighted by molar-refractivity contribution is 0.192. The second-order valence-corrected chi connectivity index (χ2v) is 5.39. The lowest BCUT2D eigenvalue weighted by Crippen LogP contribution is -2.40. The third kappa shape index (κ3) is 3.27. The summed E-state index contributed by atoms with van der Waals surface area (Å²) in [5, 5.41) is 3.30. The Hall–Kier alpha value is -0.450. The van der Waals surface area contributed by atoms with Gasteiger partial charge in [-0.1, -0.05) is 22.0 Å². The summed E-state index contributed by atoms with van der Waals surface area (Å²) in [6.45, 7) is 2.77. The first kappa shape index (κ1) is 13.0. The van der Waals surface area contributed by atoms with E-state index in [-0.39, 0.29) is 5.82 Å². The Labute approximate surface area is 110 Å². The first-order valence-electron chi connectivity index (χ1n) is 6.03. The molecule has 1 aromatic rings. The van der Waals surface area contributed by atoms with Crippen LogP contribution >= 0.6 is 15.9 Å². The van der Waals surface area contributed by atoms with Crippen molar-refractivity contribution in [1.29, 1.82) is 0 Å². The van der Waals surface area contributed by atoms with Crippen LogP contribution in [0.4, 0.5) is 4.39 Å². The van der Waals surface area contributed by atoms with Gasteiger partial charge in [-0.15, -0.1) is 0 Å². The molecule has 0 unspecified atom stereocenters. The number of halogens is 2. The molecule has 94 valence electrons. The first-order chi connectivity index (χ1) is 8.20. The highest BCUT2D eigenvalue weighted by Gasteiger charge is 2.19. The average molecular weight is 301 g/mol. The van der Waals surface area contributed by atoms with Gasteiger partial charge in [-0.05, 0) is 45.1 Å². The van der Waals surface area contributed by atoms with E-state index in [0.717, 1.165) is 36.0 Å². The van der Waals surface area contributed by atoms with Gasteiger partial charge >= 0.3 is 0 Å². The first-order valence-corrected chi connectivity index (χ1v) is 6.82. The van der Waals surface area contributed by atoms with Crippen LogP contribution in [0.2, 0.25) is 0 Å². The number of nitrogens with one attached hydrogen (secondary N) is 1. The molecule has 0 amide bonds. The second-order valence-electron chi connectivity index (χ2n) is 4.54. The minimum absolute atomic E-state index is 0.116. The Morgan fingerprint density at radius 2 is 2.12 bits per heavy atom.